The number of hydrogen-bond acceptors (Lipinski definition) is 3. The Morgan fingerprint density at radius 1 is 0.929 bits per heavy atom. The fraction of sp³-hybridized carbons (Fsp3) is 0.318. The molecule has 0 unspecified atom stereocenters. The lowest BCUT2D eigenvalue weighted by atomic mass is 10.1. The van der Waals surface area contributed by atoms with E-state index in [-0.39, 0.29) is 24.1 Å². The van der Waals surface area contributed by atoms with Crippen LogP contribution >= 0.6 is 0 Å². The number of nitrogens with one attached hydrogen (secondary N) is 2. The van der Waals surface area contributed by atoms with Gasteiger partial charge < -0.3 is 15.5 Å². The van der Waals surface area contributed by atoms with Crippen LogP contribution in [0.4, 0.5) is 11.4 Å². The Balaban J connectivity index is 1.78. The molecule has 0 bridgehead atoms. The largest absolute Gasteiger partial charge is 0.356 e. The van der Waals surface area contributed by atoms with Gasteiger partial charge in [0.1, 0.15) is 0 Å². The zero-order valence-electron chi connectivity index (χ0n) is 16.4. The molecule has 0 saturated carbocycles. The highest BCUT2D eigenvalue weighted by atomic mass is 16.2. The number of aryl methyl sites for hydroxylation is 1. The maximum Gasteiger partial charge on any atom is 0.223 e. The zero-order valence-corrected chi connectivity index (χ0v) is 16.4. The first-order chi connectivity index (χ1) is 13.5. The van der Waals surface area contributed by atoms with Crippen LogP contribution in [-0.4, -0.2) is 30.8 Å². The van der Waals surface area contributed by atoms with E-state index in [1.165, 1.54) is 19.4 Å². The summed E-state index contributed by atoms with van der Waals surface area (Å²) in [5.41, 5.74) is 2.61. The lowest BCUT2D eigenvalue weighted by Gasteiger charge is -2.21. The second-order valence-electron chi connectivity index (χ2n) is 6.59. The van der Waals surface area contributed by atoms with Crippen molar-refractivity contribution in [2.24, 2.45) is 0 Å². The minimum absolute atomic E-state index is 0.0748. The number of anilines is 2. The van der Waals surface area contributed by atoms with E-state index in [4.69, 9.17) is 0 Å². The van der Waals surface area contributed by atoms with Gasteiger partial charge >= 0.3 is 0 Å². The molecule has 0 aliphatic carbocycles. The molecule has 0 aliphatic heterocycles. The first-order valence-electron chi connectivity index (χ1n) is 9.42. The number of carbonyl (C=O) groups is 3. The standard InChI is InChI=1S/C22H27N3O3/c1-17(26)24-20-10-12-21(13-11-20)25(18(2)27)16-14-22(28)23-15-6-9-19-7-4-3-5-8-19/h3-5,7-8,10-13H,6,9,14-16H2,1-2H3,(H,23,28)(H,24,26). The average Bonchev–Trinajstić information content (AvgIpc) is 2.67. The molecule has 3 amide bonds. The molecule has 0 saturated heterocycles. The summed E-state index contributed by atoms with van der Waals surface area (Å²) in [7, 11) is 0. The number of carbonyl (C=O) groups excluding carboxylic acids is 3. The molecule has 148 valence electrons. The van der Waals surface area contributed by atoms with Crippen LogP contribution in [0.1, 0.15) is 32.3 Å². The van der Waals surface area contributed by atoms with Gasteiger partial charge in [-0.1, -0.05) is 30.3 Å². The van der Waals surface area contributed by atoms with Crippen LogP contribution in [0.15, 0.2) is 54.6 Å². The van der Waals surface area contributed by atoms with Crippen LogP contribution in [0.25, 0.3) is 0 Å². The summed E-state index contributed by atoms with van der Waals surface area (Å²) in [6.07, 6.45) is 2.02. The number of amides is 3. The van der Waals surface area contributed by atoms with Crippen molar-refractivity contribution in [1.29, 1.82) is 0 Å². The molecule has 0 atom stereocenters. The Morgan fingerprint density at radius 2 is 1.61 bits per heavy atom. The number of rotatable bonds is 9. The van der Waals surface area contributed by atoms with E-state index < -0.39 is 0 Å². The fourth-order valence-electron chi connectivity index (χ4n) is 2.86. The molecule has 6 nitrogen and oxygen atoms in total. The predicted molar refractivity (Wildman–Crippen MR) is 111 cm³/mol. The Kier molecular flexibility index (Phi) is 8.21. The summed E-state index contributed by atoms with van der Waals surface area (Å²) in [5.74, 6) is -0.363. The Morgan fingerprint density at radius 3 is 2.21 bits per heavy atom. The van der Waals surface area contributed by atoms with E-state index in [1.54, 1.807) is 29.2 Å². The Labute approximate surface area is 165 Å². The van der Waals surface area contributed by atoms with Gasteiger partial charge in [-0.25, -0.2) is 0 Å². The van der Waals surface area contributed by atoms with Gasteiger partial charge in [-0.05, 0) is 42.7 Å². The highest BCUT2D eigenvalue weighted by Crippen LogP contribution is 2.18. The van der Waals surface area contributed by atoms with E-state index in [0.29, 0.717) is 24.5 Å². The van der Waals surface area contributed by atoms with Gasteiger partial charge in [0.25, 0.3) is 0 Å². The maximum absolute atomic E-state index is 12.1. The molecular formula is C22H27N3O3. The van der Waals surface area contributed by atoms with Crippen molar-refractivity contribution in [3.05, 3.63) is 60.2 Å². The molecule has 6 heteroatoms. The summed E-state index contributed by atoms with van der Waals surface area (Å²) in [6, 6.07) is 17.1. The second kappa shape index (κ2) is 10.9. The van der Waals surface area contributed by atoms with E-state index in [2.05, 4.69) is 22.8 Å². The Bertz CT molecular complexity index is 788. The first-order valence-corrected chi connectivity index (χ1v) is 9.42. The third kappa shape index (κ3) is 7.23. The SMILES string of the molecule is CC(=O)Nc1ccc(N(CCC(=O)NCCCc2ccccc2)C(C)=O)cc1. The third-order valence-electron chi connectivity index (χ3n) is 4.25. The van der Waals surface area contributed by atoms with Gasteiger partial charge in [0.2, 0.25) is 17.7 Å². The topological polar surface area (TPSA) is 78.5 Å². The van der Waals surface area contributed by atoms with Crippen molar-refractivity contribution in [3.63, 3.8) is 0 Å². The monoisotopic (exact) mass is 381 g/mol. The van der Waals surface area contributed by atoms with Crippen LogP contribution in [0.2, 0.25) is 0 Å². The summed E-state index contributed by atoms with van der Waals surface area (Å²) in [4.78, 5) is 36.7. The molecule has 0 aromatic heterocycles. The summed E-state index contributed by atoms with van der Waals surface area (Å²) in [5, 5.41) is 5.59. The van der Waals surface area contributed by atoms with Crippen molar-refractivity contribution in [3.8, 4) is 0 Å². The highest BCUT2D eigenvalue weighted by Gasteiger charge is 2.13. The highest BCUT2D eigenvalue weighted by molar-refractivity contribution is 5.93. The van der Waals surface area contributed by atoms with Gasteiger partial charge in [-0.15, -0.1) is 0 Å². The van der Waals surface area contributed by atoms with Crippen LogP contribution in [0, 0.1) is 0 Å². The minimum atomic E-state index is -0.153. The van der Waals surface area contributed by atoms with Gasteiger partial charge in [0.05, 0.1) is 0 Å². The van der Waals surface area contributed by atoms with E-state index in [9.17, 15) is 14.4 Å². The van der Waals surface area contributed by atoms with Gasteiger partial charge in [0.15, 0.2) is 0 Å². The quantitative estimate of drug-likeness (QED) is 0.655. The molecular weight excluding hydrogens is 354 g/mol. The molecule has 2 rings (SSSR count). The molecule has 2 aromatic rings. The van der Waals surface area contributed by atoms with Gasteiger partial charge in [-0.3, -0.25) is 14.4 Å². The van der Waals surface area contributed by atoms with E-state index in [0.717, 1.165) is 12.8 Å². The zero-order chi connectivity index (χ0) is 20.4. The predicted octanol–water partition coefficient (Wildman–Crippen LogP) is 3.14. The van der Waals surface area contributed by atoms with Crippen molar-refractivity contribution < 1.29 is 14.4 Å². The van der Waals surface area contributed by atoms with Crippen LogP contribution < -0.4 is 15.5 Å². The smallest absolute Gasteiger partial charge is 0.223 e. The number of nitrogens with zero attached hydrogens (tertiary/aromatic N) is 1. The summed E-state index contributed by atoms with van der Waals surface area (Å²) < 4.78 is 0. The molecule has 0 radical (unpaired) electrons. The van der Waals surface area contributed by atoms with Crippen molar-refractivity contribution in [2.45, 2.75) is 33.1 Å². The number of benzene rings is 2. The molecule has 0 heterocycles. The third-order valence-corrected chi connectivity index (χ3v) is 4.25. The minimum Gasteiger partial charge on any atom is -0.356 e. The van der Waals surface area contributed by atoms with E-state index in [1.807, 2.05) is 18.2 Å². The average molecular weight is 381 g/mol. The van der Waals surface area contributed by atoms with Gasteiger partial charge in [-0.2, -0.15) is 0 Å². The Hall–Kier alpha value is -3.15. The molecule has 2 aromatic carbocycles. The van der Waals surface area contributed by atoms with Crippen LogP contribution in [0.5, 0.6) is 0 Å². The van der Waals surface area contributed by atoms with Crippen molar-refractivity contribution in [2.75, 3.05) is 23.3 Å². The normalized spacial score (nSPS) is 10.2. The van der Waals surface area contributed by atoms with Crippen molar-refractivity contribution >= 4 is 29.1 Å². The maximum atomic E-state index is 12.1. The molecule has 2 N–H and O–H groups in total. The molecule has 28 heavy (non-hydrogen) atoms. The lowest BCUT2D eigenvalue weighted by molar-refractivity contribution is -0.121. The summed E-state index contributed by atoms with van der Waals surface area (Å²) in [6.45, 7) is 3.83. The number of hydrogen-bond donors (Lipinski definition) is 2. The van der Waals surface area contributed by atoms with Gasteiger partial charge in [0, 0.05) is 44.7 Å². The lowest BCUT2D eigenvalue weighted by Crippen LogP contribution is -2.34. The van der Waals surface area contributed by atoms with E-state index >= 15 is 0 Å². The second-order valence-corrected chi connectivity index (χ2v) is 6.59. The van der Waals surface area contributed by atoms with Crippen LogP contribution in [0.3, 0.4) is 0 Å². The molecule has 0 aliphatic rings. The molecule has 0 spiro atoms. The van der Waals surface area contributed by atoms with Crippen molar-refractivity contribution in [1.82, 2.24) is 5.32 Å². The first kappa shape index (κ1) is 21.2. The molecule has 0 fully saturated rings. The van der Waals surface area contributed by atoms with Crippen LogP contribution in [-0.2, 0) is 20.8 Å². The summed E-state index contributed by atoms with van der Waals surface area (Å²) >= 11 is 0. The fourth-order valence-corrected chi connectivity index (χ4v) is 2.86.